The number of rotatable bonds is 3. The van der Waals surface area contributed by atoms with Crippen LogP contribution in [-0.4, -0.2) is 18.8 Å². The Bertz CT molecular complexity index is 804. The Balaban J connectivity index is 1.85. The van der Waals surface area contributed by atoms with Gasteiger partial charge in [-0.25, -0.2) is 0 Å². The van der Waals surface area contributed by atoms with Crippen molar-refractivity contribution >= 4 is 17.4 Å². The molecule has 1 N–H and O–H groups in total. The maximum absolute atomic E-state index is 12.3. The number of allylic oxidation sites excluding steroid dienone is 1. The van der Waals surface area contributed by atoms with Crippen molar-refractivity contribution in [2.75, 3.05) is 12.4 Å². The van der Waals surface area contributed by atoms with E-state index in [0.29, 0.717) is 23.3 Å². The second kappa shape index (κ2) is 6.08. The molecule has 1 aliphatic rings. The molecular formula is C19H17NO3. The third kappa shape index (κ3) is 3.16. The number of methoxy groups -OCH3 is 1. The van der Waals surface area contributed by atoms with Crippen LogP contribution in [0.4, 0.5) is 5.69 Å². The molecule has 0 spiro atoms. The van der Waals surface area contributed by atoms with Gasteiger partial charge in [0.1, 0.15) is 5.75 Å². The quantitative estimate of drug-likeness (QED) is 0.699. The number of hydrogen-bond donors (Lipinski definition) is 1. The van der Waals surface area contributed by atoms with Crippen LogP contribution in [0, 0.1) is 6.92 Å². The number of aryl methyl sites for hydroxylation is 1. The molecule has 0 saturated heterocycles. The zero-order valence-electron chi connectivity index (χ0n) is 13.1. The van der Waals surface area contributed by atoms with Crippen LogP contribution in [0.3, 0.4) is 0 Å². The molecule has 0 unspecified atom stereocenters. The van der Waals surface area contributed by atoms with Crippen LogP contribution in [0.2, 0.25) is 0 Å². The van der Waals surface area contributed by atoms with Crippen molar-refractivity contribution in [3.63, 3.8) is 0 Å². The smallest absolute Gasteiger partial charge is 0.252 e. The molecule has 3 rings (SSSR count). The highest BCUT2D eigenvalue weighted by molar-refractivity contribution is 6.14. The van der Waals surface area contributed by atoms with Gasteiger partial charge in [0.25, 0.3) is 5.91 Å². The molecule has 0 aromatic heterocycles. The molecular weight excluding hydrogens is 290 g/mol. The third-order valence-electron chi connectivity index (χ3n) is 3.87. The first-order chi connectivity index (χ1) is 11.1. The summed E-state index contributed by atoms with van der Waals surface area (Å²) in [6.07, 6.45) is 1.88. The number of ketones is 1. The van der Waals surface area contributed by atoms with Gasteiger partial charge in [-0.1, -0.05) is 12.1 Å². The Labute approximate surface area is 134 Å². The minimum Gasteiger partial charge on any atom is -0.497 e. The molecule has 1 aliphatic heterocycles. The Hall–Kier alpha value is -2.88. The van der Waals surface area contributed by atoms with E-state index in [9.17, 15) is 9.59 Å². The van der Waals surface area contributed by atoms with Crippen LogP contribution in [0.15, 0.2) is 54.1 Å². The molecule has 1 amide bonds. The molecule has 116 valence electrons. The van der Waals surface area contributed by atoms with Gasteiger partial charge in [0.2, 0.25) is 0 Å². The molecule has 1 heterocycles. The summed E-state index contributed by atoms with van der Waals surface area (Å²) in [6, 6.07) is 12.8. The fourth-order valence-electron chi connectivity index (χ4n) is 2.56. The normalized spacial score (nSPS) is 15.0. The highest BCUT2D eigenvalue weighted by atomic mass is 16.5. The van der Waals surface area contributed by atoms with Crippen LogP contribution in [0.1, 0.15) is 21.5 Å². The Kier molecular flexibility index (Phi) is 3.98. The number of anilines is 1. The van der Waals surface area contributed by atoms with Gasteiger partial charge in [-0.3, -0.25) is 9.59 Å². The lowest BCUT2D eigenvalue weighted by atomic mass is 9.95. The van der Waals surface area contributed by atoms with E-state index >= 15 is 0 Å². The first kappa shape index (κ1) is 15.0. The molecule has 4 heteroatoms. The standard InChI is InChI=1S/C19H17NO3/c1-12-3-4-14-10-15(19(22)20-17(14)9-12)11-18(21)13-5-7-16(23-2)8-6-13/h3-9,11H,10H2,1-2H3,(H,20,22)/b15-11+. The molecule has 0 saturated carbocycles. The van der Waals surface area contributed by atoms with Gasteiger partial charge in [0, 0.05) is 23.2 Å². The van der Waals surface area contributed by atoms with Gasteiger partial charge in [-0.2, -0.15) is 0 Å². The van der Waals surface area contributed by atoms with Crippen LogP contribution in [0.25, 0.3) is 0 Å². The fraction of sp³-hybridized carbons (Fsp3) is 0.158. The largest absolute Gasteiger partial charge is 0.497 e. The number of carbonyl (C=O) groups is 2. The number of amides is 1. The number of nitrogens with one attached hydrogen (secondary N) is 1. The lowest BCUT2D eigenvalue weighted by molar-refractivity contribution is -0.113. The average molecular weight is 307 g/mol. The predicted octanol–water partition coefficient (Wildman–Crippen LogP) is 3.31. The number of ether oxygens (including phenoxy) is 1. The second-order valence-corrected chi connectivity index (χ2v) is 5.55. The van der Waals surface area contributed by atoms with Crippen LogP contribution in [-0.2, 0) is 11.2 Å². The van der Waals surface area contributed by atoms with Gasteiger partial charge < -0.3 is 10.1 Å². The van der Waals surface area contributed by atoms with E-state index in [1.165, 1.54) is 6.08 Å². The topological polar surface area (TPSA) is 55.4 Å². The summed E-state index contributed by atoms with van der Waals surface area (Å²) >= 11 is 0. The Morgan fingerprint density at radius 2 is 1.91 bits per heavy atom. The van der Waals surface area contributed by atoms with Crippen molar-refractivity contribution in [1.29, 1.82) is 0 Å². The van der Waals surface area contributed by atoms with E-state index in [-0.39, 0.29) is 11.7 Å². The maximum atomic E-state index is 12.3. The van der Waals surface area contributed by atoms with Crippen LogP contribution in [0.5, 0.6) is 5.75 Å². The SMILES string of the molecule is COc1ccc(C(=O)/C=C2\Cc3ccc(C)cc3NC2=O)cc1. The highest BCUT2D eigenvalue weighted by Crippen LogP contribution is 2.26. The minimum absolute atomic E-state index is 0.187. The van der Waals surface area contributed by atoms with Crippen LogP contribution < -0.4 is 10.1 Å². The summed E-state index contributed by atoms with van der Waals surface area (Å²) in [5.41, 5.74) is 3.93. The first-order valence-corrected chi connectivity index (χ1v) is 7.36. The van der Waals surface area contributed by atoms with Crippen molar-refractivity contribution < 1.29 is 14.3 Å². The third-order valence-corrected chi connectivity index (χ3v) is 3.87. The van der Waals surface area contributed by atoms with Crippen molar-refractivity contribution in [2.24, 2.45) is 0 Å². The summed E-state index contributed by atoms with van der Waals surface area (Å²) in [6.45, 7) is 1.98. The van der Waals surface area contributed by atoms with E-state index in [2.05, 4.69) is 5.32 Å². The Morgan fingerprint density at radius 3 is 2.61 bits per heavy atom. The van der Waals surface area contributed by atoms with Gasteiger partial charge in [-0.15, -0.1) is 0 Å². The summed E-state index contributed by atoms with van der Waals surface area (Å²) in [7, 11) is 1.57. The number of hydrogen-bond acceptors (Lipinski definition) is 3. The summed E-state index contributed by atoms with van der Waals surface area (Å²) in [4.78, 5) is 24.5. The highest BCUT2D eigenvalue weighted by Gasteiger charge is 2.21. The molecule has 0 aliphatic carbocycles. The molecule has 2 aromatic rings. The van der Waals surface area contributed by atoms with Gasteiger partial charge in [0.05, 0.1) is 7.11 Å². The summed E-state index contributed by atoms with van der Waals surface area (Å²) in [5, 5.41) is 2.85. The monoisotopic (exact) mass is 307 g/mol. The lowest BCUT2D eigenvalue weighted by Gasteiger charge is -2.19. The summed E-state index contributed by atoms with van der Waals surface area (Å²) < 4.78 is 5.07. The van der Waals surface area contributed by atoms with E-state index in [1.807, 2.05) is 25.1 Å². The fourth-order valence-corrected chi connectivity index (χ4v) is 2.56. The minimum atomic E-state index is -0.218. The lowest BCUT2D eigenvalue weighted by Crippen LogP contribution is -2.23. The number of carbonyl (C=O) groups excluding carboxylic acids is 2. The van der Waals surface area contributed by atoms with Gasteiger partial charge in [-0.05, 0) is 54.5 Å². The zero-order valence-corrected chi connectivity index (χ0v) is 13.1. The van der Waals surface area contributed by atoms with E-state index in [4.69, 9.17) is 4.74 Å². The van der Waals surface area contributed by atoms with Crippen molar-refractivity contribution in [3.05, 3.63) is 70.8 Å². The number of fused-ring (bicyclic) bond motifs is 1. The zero-order chi connectivity index (χ0) is 16.4. The first-order valence-electron chi connectivity index (χ1n) is 7.36. The van der Waals surface area contributed by atoms with Crippen molar-refractivity contribution in [3.8, 4) is 5.75 Å². The summed E-state index contributed by atoms with van der Waals surface area (Å²) in [5.74, 6) is 0.284. The van der Waals surface area contributed by atoms with Gasteiger partial charge >= 0.3 is 0 Å². The van der Waals surface area contributed by atoms with E-state index in [0.717, 1.165) is 16.8 Å². The maximum Gasteiger partial charge on any atom is 0.252 e. The van der Waals surface area contributed by atoms with E-state index < -0.39 is 0 Å². The molecule has 23 heavy (non-hydrogen) atoms. The van der Waals surface area contributed by atoms with E-state index in [1.54, 1.807) is 31.4 Å². The molecule has 0 radical (unpaired) electrons. The molecule has 0 fully saturated rings. The average Bonchev–Trinajstić information content (AvgIpc) is 2.55. The van der Waals surface area contributed by atoms with Crippen molar-refractivity contribution in [1.82, 2.24) is 0 Å². The second-order valence-electron chi connectivity index (χ2n) is 5.55. The molecule has 0 bridgehead atoms. The van der Waals surface area contributed by atoms with Gasteiger partial charge in [0.15, 0.2) is 5.78 Å². The number of benzene rings is 2. The predicted molar refractivity (Wildman–Crippen MR) is 88.9 cm³/mol. The molecule has 2 aromatic carbocycles. The Morgan fingerprint density at radius 1 is 1.17 bits per heavy atom. The van der Waals surface area contributed by atoms with Crippen LogP contribution >= 0.6 is 0 Å². The molecule has 0 atom stereocenters. The van der Waals surface area contributed by atoms with Crippen molar-refractivity contribution in [2.45, 2.75) is 13.3 Å². The molecule has 4 nitrogen and oxygen atoms in total.